The van der Waals surface area contributed by atoms with Crippen LogP contribution in [-0.2, 0) is 6.54 Å². The Labute approximate surface area is 128 Å². The van der Waals surface area contributed by atoms with Crippen LogP contribution < -0.4 is 5.32 Å². The van der Waals surface area contributed by atoms with Crippen molar-refractivity contribution in [1.29, 1.82) is 0 Å². The molecule has 0 aliphatic heterocycles. The topological polar surface area (TPSA) is 67.2 Å². The number of carbonyl (C=O) groups is 1. The van der Waals surface area contributed by atoms with Crippen molar-refractivity contribution in [2.75, 3.05) is 0 Å². The minimum absolute atomic E-state index is 0.0380. The summed E-state index contributed by atoms with van der Waals surface area (Å²) in [5.74, 6) is -0.269. The normalized spacial score (nSPS) is 12.2. The van der Waals surface area contributed by atoms with Crippen molar-refractivity contribution in [2.24, 2.45) is 0 Å². The van der Waals surface area contributed by atoms with Crippen molar-refractivity contribution in [2.45, 2.75) is 33.4 Å². The SMILES string of the molecule is Cc1cc(C)n(C[C@@H](C)NC(=O)c2ccc(O)c(Cl)c2)n1. The zero-order valence-electron chi connectivity index (χ0n) is 12.2. The first-order chi connectivity index (χ1) is 9.86. The number of nitrogens with zero attached hydrogens (tertiary/aromatic N) is 2. The average Bonchev–Trinajstić information content (AvgIpc) is 2.70. The number of nitrogens with one attached hydrogen (secondary N) is 1. The Kier molecular flexibility index (Phi) is 4.53. The molecule has 0 fully saturated rings. The van der Waals surface area contributed by atoms with Crippen molar-refractivity contribution < 1.29 is 9.90 Å². The van der Waals surface area contributed by atoms with E-state index in [4.69, 9.17) is 11.6 Å². The van der Waals surface area contributed by atoms with E-state index in [9.17, 15) is 9.90 Å². The van der Waals surface area contributed by atoms with Crippen LogP contribution in [0, 0.1) is 13.8 Å². The first kappa shape index (κ1) is 15.4. The number of aromatic nitrogens is 2. The highest BCUT2D eigenvalue weighted by Crippen LogP contribution is 2.23. The molecular weight excluding hydrogens is 290 g/mol. The summed E-state index contributed by atoms with van der Waals surface area (Å²) < 4.78 is 1.87. The van der Waals surface area contributed by atoms with Gasteiger partial charge in [0.15, 0.2) is 0 Å². The van der Waals surface area contributed by atoms with Crippen LogP contribution in [0.1, 0.15) is 28.7 Å². The van der Waals surface area contributed by atoms with Crippen LogP contribution in [0.3, 0.4) is 0 Å². The Hall–Kier alpha value is -2.01. The van der Waals surface area contributed by atoms with Gasteiger partial charge in [-0.05, 0) is 45.0 Å². The van der Waals surface area contributed by atoms with Gasteiger partial charge in [0.1, 0.15) is 5.75 Å². The maximum Gasteiger partial charge on any atom is 0.251 e. The number of aromatic hydroxyl groups is 1. The molecule has 1 aromatic heterocycles. The van der Waals surface area contributed by atoms with E-state index in [0.717, 1.165) is 11.4 Å². The van der Waals surface area contributed by atoms with Gasteiger partial charge in [-0.25, -0.2) is 0 Å². The van der Waals surface area contributed by atoms with Gasteiger partial charge in [-0.2, -0.15) is 5.10 Å². The molecule has 6 heteroatoms. The second-order valence-corrected chi connectivity index (χ2v) is 5.56. The largest absolute Gasteiger partial charge is 0.506 e. The number of benzene rings is 1. The van der Waals surface area contributed by atoms with E-state index < -0.39 is 0 Å². The molecule has 1 heterocycles. The van der Waals surface area contributed by atoms with Crippen molar-refractivity contribution in [3.8, 4) is 5.75 Å². The maximum absolute atomic E-state index is 12.1. The molecule has 1 atom stereocenters. The summed E-state index contributed by atoms with van der Waals surface area (Å²) in [5, 5.41) is 16.8. The van der Waals surface area contributed by atoms with Crippen molar-refractivity contribution >= 4 is 17.5 Å². The lowest BCUT2D eigenvalue weighted by Crippen LogP contribution is -2.36. The van der Waals surface area contributed by atoms with Gasteiger partial charge in [0.25, 0.3) is 5.91 Å². The lowest BCUT2D eigenvalue weighted by molar-refractivity contribution is 0.0936. The molecule has 0 saturated carbocycles. The Morgan fingerprint density at radius 3 is 2.71 bits per heavy atom. The molecule has 0 spiro atoms. The summed E-state index contributed by atoms with van der Waals surface area (Å²) in [7, 11) is 0. The highest BCUT2D eigenvalue weighted by atomic mass is 35.5. The molecule has 2 N–H and O–H groups in total. The van der Waals surface area contributed by atoms with E-state index in [0.29, 0.717) is 12.1 Å². The Balaban J connectivity index is 2.01. The molecule has 0 aliphatic carbocycles. The fourth-order valence-electron chi connectivity index (χ4n) is 2.12. The molecule has 1 amide bonds. The summed E-state index contributed by atoms with van der Waals surface area (Å²) in [6.45, 7) is 6.42. The molecule has 0 bridgehead atoms. The predicted octanol–water partition coefficient (Wildman–Crippen LogP) is 2.68. The van der Waals surface area contributed by atoms with Gasteiger partial charge in [-0.15, -0.1) is 0 Å². The summed E-state index contributed by atoms with van der Waals surface area (Å²) in [5.41, 5.74) is 2.43. The summed E-state index contributed by atoms with van der Waals surface area (Å²) in [4.78, 5) is 12.1. The standard InChI is InChI=1S/C15H18ClN3O2/c1-9-6-11(3)19(18-9)8-10(2)17-15(21)12-4-5-14(20)13(16)7-12/h4-7,10,20H,8H2,1-3H3,(H,17,21)/t10-/m1/s1. The highest BCUT2D eigenvalue weighted by Gasteiger charge is 2.13. The molecule has 1 aromatic carbocycles. The highest BCUT2D eigenvalue weighted by molar-refractivity contribution is 6.32. The van der Waals surface area contributed by atoms with E-state index in [1.165, 1.54) is 18.2 Å². The third kappa shape index (κ3) is 3.76. The number of carbonyl (C=O) groups excluding carboxylic acids is 1. The van der Waals surface area contributed by atoms with Crippen LogP contribution in [-0.4, -0.2) is 26.8 Å². The maximum atomic E-state index is 12.1. The zero-order valence-corrected chi connectivity index (χ0v) is 13.0. The van der Waals surface area contributed by atoms with Gasteiger partial charge in [0, 0.05) is 17.3 Å². The van der Waals surface area contributed by atoms with Crippen LogP contribution in [0.5, 0.6) is 5.75 Å². The number of amides is 1. The van der Waals surface area contributed by atoms with Gasteiger partial charge in [0.2, 0.25) is 0 Å². The minimum Gasteiger partial charge on any atom is -0.506 e. The number of halogens is 1. The van der Waals surface area contributed by atoms with Crippen LogP contribution in [0.4, 0.5) is 0 Å². The monoisotopic (exact) mass is 307 g/mol. The minimum atomic E-state index is -0.231. The molecule has 2 rings (SSSR count). The van der Waals surface area contributed by atoms with Crippen LogP contribution in [0.15, 0.2) is 24.3 Å². The molecule has 2 aromatic rings. The van der Waals surface area contributed by atoms with E-state index in [-0.39, 0.29) is 22.7 Å². The third-order valence-corrected chi connectivity index (χ3v) is 3.44. The third-order valence-electron chi connectivity index (χ3n) is 3.14. The van der Waals surface area contributed by atoms with Crippen molar-refractivity contribution in [1.82, 2.24) is 15.1 Å². The molecule has 21 heavy (non-hydrogen) atoms. The number of hydrogen-bond donors (Lipinski definition) is 2. The van der Waals surface area contributed by atoms with E-state index >= 15 is 0 Å². The second-order valence-electron chi connectivity index (χ2n) is 5.15. The lowest BCUT2D eigenvalue weighted by atomic mass is 10.2. The van der Waals surface area contributed by atoms with Crippen LogP contribution in [0.2, 0.25) is 5.02 Å². The number of rotatable bonds is 4. The molecule has 0 saturated heterocycles. The second kappa shape index (κ2) is 6.18. The quantitative estimate of drug-likeness (QED) is 0.912. The van der Waals surface area contributed by atoms with Gasteiger partial charge >= 0.3 is 0 Å². The zero-order chi connectivity index (χ0) is 15.6. The summed E-state index contributed by atoms with van der Waals surface area (Å²) in [6, 6.07) is 6.30. The Bertz CT molecular complexity index is 667. The van der Waals surface area contributed by atoms with Crippen molar-refractivity contribution in [3.63, 3.8) is 0 Å². The van der Waals surface area contributed by atoms with E-state index in [2.05, 4.69) is 10.4 Å². The van der Waals surface area contributed by atoms with E-state index in [1.54, 1.807) is 0 Å². The van der Waals surface area contributed by atoms with Gasteiger partial charge < -0.3 is 10.4 Å². The lowest BCUT2D eigenvalue weighted by Gasteiger charge is -2.15. The first-order valence-corrected chi connectivity index (χ1v) is 7.05. The van der Waals surface area contributed by atoms with Gasteiger partial charge in [-0.1, -0.05) is 11.6 Å². The summed E-state index contributed by atoms with van der Waals surface area (Å²) >= 11 is 5.80. The van der Waals surface area contributed by atoms with Gasteiger partial charge in [0.05, 0.1) is 17.3 Å². The van der Waals surface area contributed by atoms with Gasteiger partial charge in [-0.3, -0.25) is 9.48 Å². The number of phenolic OH excluding ortho intramolecular Hbond substituents is 1. The smallest absolute Gasteiger partial charge is 0.251 e. The number of aryl methyl sites for hydroxylation is 2. The predicted molar refractivity (Wildman–Crippen MR) is 81.7 cm³/mol. The average molecular weight is 308 g/mol. The Morgan fingerprint density at radius 2 is 2.14 bits per heavy atom. The van der Waals surface area contributed by atoms with Crippen LogP contribution in [0.25, 0.3) is 0 Å². The fourth-order valence-corrected chi connectivity index (χ4v) is 2.30. The molecule has 112 valence electrons. The fraction of sp³-hybridized carbons (Fsp3) is 0.333. The summed E-state index contributed by atoms with van der Waals surface area (Å²) in [6.07, 6.45) is 0. The molecule has 0 unspecified atom stereocenters. The molecule has 0 radical (unpaired) electrons. The van der Waals surface area contributed by atoms with Crippen LogP contribution >= 0.6 is 11.6 Å². The number of hydrogen-bond acceptors (Lipinski definition) is 3. The van der Waals surface area contributed by atoms with Crippen molar-refractivity contribution in [3.05, 3.63) is 46.2 Å². The van der Waals surface area contributed by atoms with E-state index in [1.807, 2.05) is 31.5 Å². The molecular formula is C15H18ClN3O2. The Morgan fingerprint density at radius 1 is 1.43 bits per heavy atom. The first-order valence-electron chi connectivity index (χ1n) is 6.67. The molecule has 0 aliphatic rings. The molecule has 5 nitrogen and oxygen atoms in total. The number of phenols is 1.